The van der Waals surface area contributed by atoms with Crippen molar-refractivity contribution in [3.05, 3.63) is 40.4 Å². The van der Waals surface area contributed by atoms with E-state index < -0.39 is 0 Å². The average Bonchev–Trinajstić information content (AvgIpc) is 2.81. The third-order valence-electron chi connectivity index (χ3n) is 4.76. The number of amides is 1. The number of rotatable bonds is 5. The fraction of sp³-hybridized carbons (Fsp3) is 0.591. The first kappa shape index (κ1) is 22.2. The maximum absolute atomic E-state index is 13.1. The number of aromatic hydroxyl groups is 1. The van der Waals surface area contributed by atoms with Crippen molar-refractivity contribution >= 4 is 29.4 Å². The molecule has 1 saturated heterocycles. The number of carbonyl (C=O) groups is 1. The predicted octanol–water partition coefficient (Wildman–Crippen LogP) is 5.83. The van der Waals surface area contributed by atoms with Gasteiger partial charge in [-0.25, -0.2) is 0 Å². The van der Waals surface area contributed by atoms with Gasteiger partial charge < -0.3 is 10.0 Å². The second-order valence-corrected chi connectivity index (χ2v) is 11.6. The summed E-state index contributed by atoms with van der Waals surface area (Å²) in [7, 11) is 0. The van der Waals surface area contributed by atoms with Crippen LogP contribution >= 0.6 is 23.5 Å². The highest BCUT2D eigenvalue weighted by atomic mass is 32.2. The largest absolute Gasteiger partial charge is 0.507 e. The van der Waals surface area contributed by atoms with Crippen molar-refractivity contribution in [3.63, 3.8) is 0 Å². The van der Waals surface area contributed by atoms with Crippen LogP contribution in [0, 0.1) is 0 Å². The Kier molecular flexibility index (Phi) is 6.68. The Labute approximate surface area is 173 Å². The van der Waals surface area contributed by atoms with E-state index >= 15 is 0 Å². The van der Waals surface area contributed by atoms with Gasteiger partial charge in [0.15, 0.2) is 0 Å². The topological polar surface area (TPSA) is 40.5 Å². The number of carbonyl (C=O) groups excluding carboxylic acids is 1. The third-order valence-corrected chi connectivity index (χ3v) is 6.84. The summed E-state index contributed by atoms with van der Waals surface area (Å²) in [4.78, 5) is 14.9. The van der Waals surface area contributed by atoms with E-state index in [-0.39, 0.29) is 22.0 Å². The molecule has 0 spiro atoms. The molecule has 0 bridgehead atoms. The van der Waals surface area contributed by atoms with Crippen molar-refractivity contribution in [1.29, 1.82) is 0 Å². The lowest BCUT2D eigenvalue weighted by atomic mass is 9.78. The fourth-order valence-electron chi connectivity index (χ4n) is 3.21. The van der Waals surface area contributed by atoms with Crippen LogP contribution in [0.1, 0.15) is 70.4 Å². The quantitative estimate of drug-likeness (QED) is 0.624. The summed E-state index contributed by atoms with van der Waals surface area (Å²) in [5.74, 6) is 2.42. The lowest BCUT2D eigenvalue weighted by molar-refractivity contribution is -0.127. The summed E-state index contributed by atoms with van der Waals surface area (Å²) >= 11 is 3.36. The van der Waals surface area contributed by atoms with E-state index in [4.69, 9.17) is 0 Å². The minimum atomic E-state index is -0.285. The van der Waals surface area contributed by atoms with Gasteiger partial charge in [-0.2, -0.15) is 11.8 Å². The molecule has 1 fully saturated rings. The minimum absolute atomic E-state index is 0.104. The maximum Gasteiger partial charge on any atom is 0.245 e. The Balaban J connectivity index is 2.46. The molecule has 1 aliphatic rings. The summed E-state index contributed by atoms with van der Waals surface area (Å²) in [5, 5.41) is 11.5. The molecule has 2 rings (SSSR count). The van der Waals surface area contributed by atoms with Crippen molar-refractivity contribution in [3.8, 4) is 5.75 Å². The van der Waals surface area contributed by atoms with Gasteiger partial charge in [-0.05, 0) is 45.4 Å². The highest BCUT2D eigenvalue weighted by molar-refractivity contribution is 8.04. The van der Waals surface area contributed by atoms with E-state index in [9.17, 15) is 9.90 Å². The molecule has 150 valence electrons. The van der Waals surface area contributed by atoms with Crippen molar-refractivity contribution in [2.75, 3.05) is 18.1 Å². The first-order chi connectivity index (χ1) is 12.4. The molecule has 1 heterocycles. The zero-order valence-electron chi connectivity index (χ0n) is 17.7. The van der Waals surface area contributed by atoms with Crippen molar-refractivity contribution in [2.24, 2.45) is 0 Å². The Morgan fingerprint density at radius 1 is 1.15 bits per heavy atom. The van der Waals surface area contributed by atoms with Crippen molar-refractivity contribution in [1.82, 2.24) is 4.90 Å². The lowest BCUT2D eigenvalue weighted by Gasteiger charge is -2.29. The standard InChI is InChI=1S/C22H33NO2S2/c1-9-26-11-10-23-14(2)27-19(20(23)25)15-12-16(21(3,4)5)18(24)17(13-15)22(6,7)8/h12-13,19,24H,2,9-11H2,1,3-8H3. The normalized spacial score (nSPS) is 18.5. The minimum Gasteiger partial charge on any atom is -0.507 e. The fourth-order valence-corrected chi connectivity index (χ4v) is 4.89. The molecular weight excluding hydrogens is 374 g/mol. The number of thioether (sulfide) groups is 2. The van der Waals surface area contributed by atoms with E-state index in [0.717, 1.165) is 33.2 Å². The molecule has 27 heavy (non-hydrogen) atoms. The van der Waals surface area contributed by atoms with Crippen LogP contribution in [0.2, 0.25) is 0 Å². The second kappa shape index (κ2) is 8.12. The van der Waals surface area contributed by atoms with Crippen LogP contribution in [0.25, 0.3) is 0 Å². The highest BCUT2D eigenvalue weighted by Crippen LogP contribution is 2.48. The monoisotopic (exact) mass is 407 g/mol. The second-order valence-electron chi connectivity index (χ2n) is 9.04. The molecule has 1 aliphatic heterocycles. The van der Waals surface area contributed by atoms with Crippen LogP contribution < -0.4 is 0 Å². The summed E-state index contributed by atoms with van der Waals surface area (Å²) in [6.45, 7) is 19.5. The molecule has 3 nitrogen and oxygen atoms in total. The summed E-state index contributed by atoms with van der Waals surface area (Å²) < 4.78 is 0. The first-order valence-electron chi connectivity index (χ1n) is 9.50. The van der Waals surface area contributed by atoms with Gasteiger partial charge in [-0.15, -0.1) is 0 Å². The third kappa shape index (κ3) is 4.86. The van der Waals surface area contributed by atoms with Crippen LogP contribution in [-0.2, 0) is 15.6 Å². The molecule has 1 amide bonds. The van der Waals surface area contributed by atoms with Crippen LogP contribution in [0.15, 0.2) is 23.7 Å². The lowest BCUT2D eigenvalue weighted by Crippen LogP contribution is -2.28. The van der Waals surface area contributed by atoms with Crippen molar-refractivity contribution < 1.29 is 9.90 Å². The van der Waals surface area contributed by atoms with E-state index in [1.807, 2.05) is 28.8 Å². The molecule has 1 atom stereocenters. The van der Waals surface area contributed by atoms with Gasteiger partial charge in [-0.1, -0.05) is 66.8 Å². The van der Waals surface area contributed by atoms with Gasteiger partial charge in [0, 0.05) is 12.3 Å². The van der Waals surface area contributed by atoms with Gasteiger partial charge in [0.25, 0.3) is 0 Å². The molecule has 1 unspecified atom stereocenters. The molecule has 5 heteroatoms. The molecule has 0 aromatic heterocycles. The van der Waals surface area contributed by atoms with Crippen LogP contribution in [0.3, 0.4) is 0 Å². The molecule has 0 radical (unpaired) electrons. The maximum atomic E-state index is 13.1. The van der Waals surface area contributed by atoms with Crippen LogP contribution in [-0.4, -0.2) is 34.0 Å². The first-order valence-corrected chi connectivity index (χ1v) is 11.5. The zero-order valence-corrected chi connectivity index (χ0v) is 19.3. The molecule has 1 aromatic carbocycles. The molecule has 0 aliphatic carbocycles. The number of phenols is 1. The van der Waals surface area contributed by atoms with Gasteiger partial charge in [0.05, 0.1) is 5.03 Å². The zero-order chi connectivity index (χ0) is 20.6. The van der Waals surface area contributed by atoms with Gasteiger partial charge in [0.2, 0.25) is 5.91 Å². The van der Waals surface area contributed by atoms with Gasteiger partial charge in [0.1, 0.15) is 11.0 Å². The summed E-state index contributed by atoms with van der Waals surface area (Å²) in [5.41, 5.74) is 2.33. The molecule has 0 saturated carbocycles. The Morgan fingerprint density at radius 2 is 1.67 bits per heavy atom. The average molecular weight is 408 g/mol. The van der Waals surface area contributed by atoms with E-state index in [2.05, 4.69) is 55.0 Å². The van der Waals surface area contributed by atoms with E-state index in [1.54, 1.807) is 0 Å². The smallest absolute Gasteiger partial charge is 0.245 e. The Hall–Kier alpha value is -1.07. The summed E-state index contributed by atoms with van der Waals surface area (Å²) in [6, 6.07) is 4.02. The highest BCUT2D eigenvalue weighted by Gasteiger charge is 2.38. The number of nitrogens with zero attached hydrogens (tertiary/aromatic N) is 1. The molecule has 1 aromatic rings. The Morgan fingerprint density at radius 3 is 2.11 bits per heavy atom. The SMILES string of the molecule is C=C1SC(c2cc(C(C)(C)C)c(O)c(C(C)(C)C)c2)C(=O)N1CCSCC. The summed E-state index contributed by atoms with van der Waals surface area (Å²) in [6.07, 6.45) is 0. The van der Waals surface area contributed by atoms with Gasteiger partial charge in [-0.3, -0.25) is 4.79 Å². The predicted molar refractivity (Wildman–Crippen MR) is 120 cm³/mol. The van der Waals surface area contributed by atoms with E-state index in [1.165, 1.54) is 11.8 Å². The number of hydrogen-bond donors (Lipinski definition) is 1. The number of benzene rings is 1. The van der Waals surface area contributed by atoms with Crippen molar-refractivity contribution in [2.45, 2.75) is 64.5 Å². The molecular formula is C22H33NO2S2. The molecule has 1 N–H and O–H groups in total. The number of hydrogen-bond acceptors (Lipinski definition) is 4. The van der Waals surface area contributed by atoms with Crippen LogP contribution in [0.4, 0.5) is 0 Å². The van der Waals surface area contributed by atoms with Gasteiger partial charge >= 0.3 is 0 Å². The van der Waals surface area contributed by atoms with Crippen LogP contribution in [0.5, 0.6) is 5.75 Å². The number of phenolic OH excluding ortho intramolecular Hbond substituents is 1. The van der Waals surface area contributed by atoms with E-state index in [0.29, 0.717) is 12.3 Å². The Bertz CT molecular complexity index is 694.